The smallest absolute Gasteiger partial charge is 0.337 e. The van der Waals surface area contributed by atoms with Gasteiger partial charge in [0.1, 0.15) is 18.3 Å². The van der Waals surface area contributed by atoms with Gasteiger partial charge in [-0.2, -0.15) is 0 Å². The van der Waals surface area contributed by atoms with E-state index in [4.69, 9.17) is 14.2 Å². The first-order valence-electron chi connectivity index (χ1n) is 16.4. The number of aliphatic hydroxyl groups is 3. The molecule has 0 spiro atoms. The number of nitrogens with one attached hydrogen (secondary N) is 1. The third-order valence-electron chi connectivity index (χ3n) is 12.1. The molecule has 1 aromatic rings. The van der Waals surface area contributed by atoms with E-state index in [0.29, 0.717) is 23.9 Å². The minimum Gasteiger partial charge on any atom is -0.461 e. The summed E-state index contributed by atoms with van der Waals surface area (Å²) in [5.41, 5.74) is -3.55. The first kappa shape index (κ1) is 35.4. The molecule has 255 valence electrons. The van der Waals surface area contributed by atoms with Crippen molar-refractivity contribution in [2.75, 3.05) is 6.61 Å². The minimum absolute atomic E-state index is 0.0760. The average molecular weight is 653 g/mol. The summed E-state index contributed by atoms with van der Waals surface area (Å²) in [6.07, 6.45) is -4.93. The SMILES string of the molecule is CCC(=O)O[C@H]1C[C@H]2OC[C@@]2(C)[C@H]2[C@H](C)[C@]3(O)C[C@H](OC(=O)[C@H](O)[C@@H](N[B]C=O)c4ccccc4)C(C)=C([C@@H](O)C(=O)[C@]12C)C3(C)C. The zero-order chi connectivity index (χ0) is 34.7. The van der Waals surface area contributed by atoms with Crippen molar-refractivity contribution in [3.8, 4) is 0 Å². The number of carbonyl (C=O) groups excluding carboxylic acids is 4. The number of benzene rings is 1. The maximum atomic E-state index is 14.7. The van der Waals surface area contributed by atoms with Crippen LogP contribution in [0.1, 0.15) is 79.3 Å². The van der Waals surface area contributed by atoms with Crippen LogP contribution in [0.2, 0.25) is 0 Å². The van der Waals surface area contributed by atoms with Crippen molar-refractivity contribution in [1.29, 1.82) is 0 Å². The van der Waals surface area contributed by atoms with E-state index in [-0.39, 0.29) is 30.9 Å². The number of esters is 2. The Bertz CT molecular complexity index is 1450. The van der Waals surface area contributed by atoms with Crippen molar-refractivity contribution in [3.63, 3.8) is 0 Å². The highest BCUT2D eigenvalue weighted by Gasteiger charge is 2.73. The maximum Gasteiger partial charge on any atom is 0.337 e. The van der Waals surface area contributed by atoms with Gasteiger partial charge in [0.2, 0.25) is 0 Å². The monoisotopic (exact) mass is 652 g/mol. The molecule has 2 bridgehead atoms. The highest BCUT2D eigenvalue weighted by atomic mass is 16.6. The Morgan fingerprint density at radius 3 is 2.40 bits per heavy atom. The van der Waals surface area contributed by atoms with Gasteiger partial charge >= 0.3 is 11.9 Å². The lowest BCUT2D eigenvalue weighted by Crippen LogP contribution is -2.75. The van der Waals surface area contributed by atoms with E-state index in [2.05, 4.69) is 5.23 Å². The fourth-order valence-electron chi connectivity index (χ4n) is 9.48. The predicted molar refractivity (Wildman–Crippen MR) is 171 cm³/mol. The molecule has 2 saturated carbocycles. The van der Waals surface area contributed by atoms with Gasteiger partial charge in [-0.15, -0.1) is 0 Å². The van der Waals surface area contributed by atoms with Crippen LogP contribution in [0.15, 0.2) is 41.5 Å². The van der Waals surface area contributed by atoms with Crippen molar-refractivity contribution < 1.29 is 48.7 Å². The molecule has 4 aliphatic rings. The second-order valence-electron chi connectivity index (χ2n) is 14.8. The van der Waals surface area contributed by atoms with Gasteiger partial charge in [-0.25, -0.2) is 4.79 Å². The Kier molecular flexibility index (Phi) is 9.44. The standard InChI is InChI=1S/C35H47BNO10/c1-8-24(39)47-23-14-22-33(6,16-45-22)29-19(3)35(44)15-21(18(2)25(32(35,4)5)27(40)30(42)34(23,29)7)46-31(43)28(41)26(37-36-17-38)20-12-10-9-11-13-20/h9-13,17,19,21-23,26-29,37,40-41,44H,8,14-16H2,1-7H3/t19-,21-,22+,23-,26-,27+,28+,29+,33+,34+,35+/m0/s1. The summed E-state index contributed by atoms with van der Waals surface area (Å²) >= 11 is 0. The molecule has 1 aliphatic heterocycles. The molecule has 0 amide bonds. The Balaban J connectivity index is 1.58. The maximum absolute atomic E-state index is 14.7. The molecule has 3 aliphatic carbocycles. The lowest BCUT2D eigenvalue weighted by atomic mass is 9.40. The van der Waals surface area contributed by atoms with Gasteiger partial charge in [-0.1, -0.05) is 65.0 Å². The zero-order valence-electron chi connectivity index (χ0n) is 28.2. The van der Waals surface area contributed by atoms with Gasteiger partial charge in [0.25, 0.3) is 7.41 Å². The number of hydrogen-bond acceptors (Lipinski definition) is 11. The van der Waals surface area contributed by atoms with Gasteiger partial charge in [0, 0.05) is 30.1 Å². The average Bonchev–Trinajstić information content (AvgIpc) is 3.03. The van der Waals surface area contributed by atoms with Crippen LogP contribution in [0, 0.1) is 28.1 Å². The summed E-state index contributed by atoms with van der Waals surface area (Å²) in [5, 5.41) is 38.9. The van der Waals surface area contributed by atoms with Crippen molar-refractivity contribution in [2.24, 2.45) is 28.1 Å². The van der Waals surface area contributed by atoms with Crippen molar-refractivity contribution in [3.05, 3.63) is 47.0 Å². The van der Waals surface area contributed by atoms with Crippen LogP contribution in [0.3, 0.4) is 0 Å². The molecule has 1 heterocycles. The number of Topliss-reactive ketones (excluding diaryl/α,β-unsaturated/α-hetero) is 1. The molecular weight excluding hydrogens is 605 g/mol. The molecule has 0 aromatic heterocycles. The van der Waals surface area contributed by atoms with E-state index in [9.17, 15) is 34.5 Å². The van der Waals surface area contributed by atoms with E-state index >= 15 is 0 Å². The van der Waals surface area contributed by atoms with Crippen LogP contribution >= 0.6 is 0 Å². The predicted octanol–water partition coefficient (Wildman–Crippen LogP) is 2.21. The summed E-state index contributed by atoms with van der Waals surface area (Å²) < 4.78 is 17.8. The number of ketones is 1. The Morgan fingerprint density at radius 2 is 1.83 bits per heavy atom. The summed E-state index contributed by atoms with van der Waals surface area (Å²) in [6.45, 7) is 12.9. The fraction of sp³-hybridized carbons (Fsp3) is 0.657. The van der Waals surface area contributed by atoms with Crippen LogP contribution in [0.4, 0.5) is 0 Å². The van der Waals surface area contributed by atoms with Gasteiger partial charge in [0.05, 0.1) is 36.0 Å². The fourth-order valence-corrected chi connectivity index (χ4v) is 9.48. The van der Waals surface area contributed by atoms with E-state index in [0.717, 1.165) is 7.41 Å². The number of aliphatic hydroxyl groups excluding tert-OH is 2. The van der Waals surface area contributed by atoms with Gasteiger partial charge in [-0.3, -0.25) is 9.59 Å². The van der Waals surface area contributed by atoms with E-state index in [1.165, 1.54) is 0 Å². The third kappa shape index (κ3) is 5.31. The van der Waals surface area contributed by atoms with Gasteiger partial charge in [0.15, 0.2) is 11.9 Å². The normalized spacial score (nSPS) is 38.7. The molecule has 5 rings (SSSR count). The molecule has 11 atom stereocenters. The highest BCUT2D eigenvalue weighted by Crippen LogP contribution is 2.67. The second kappa shape index (κ2) is 12.5. The molecule has 47 heavy (non-hydrogen) atoms. The Morgan fingerprint density at radius 1 is 1.17 bits per heavy atom. The van der Waals surface area contributed by atoms with Crippen LogP contribution in [0.25, 0.3) is 0 Å². The molecule has 11 nitrogen and oxygen atoms in total. The molecule has 12 heteroatoms. The largest absolute Gasteiger partial charge is 0.461 e. The number of hydrogen-bond donors (Lipinski definition) is 4. The number of rotatable bonds is 9. The molecule has 3 fully saturated rings. The second-order valence-corrected chi connectivity index (χ2v) is 14.8. The van der Waals surface area contributed by atoms with Gasteiger partial charge in [-0.05, 0) is 42.4 Å². The number of ether oxygens (including phenoxy) is 3. The lowest BCUT2D eigenvalue weighted by Gasteiger charge is -2.68. The van der Waals surface area contributed by atoms with E-state index in [1.807, 2.05) is 13.8 Å². The third-order valence-corrected chi connectivity index (χ3v) is 12.1. The highest BCUT2D eigenvalue weighted by molar-refractivity contribution is 6.64. The number of carbonyl (C=O) groups is 4. The first-order valence-corrected chi connectivity index (χ1v) is 16.4. The van der Waals surface area contributed by atoms with Crippen molar-refractivity contribution in [1.82, 2.24) is 5.23 Å². The van der Waals surface area contributed by atoms with Crippen LogP contribution in [-0.4, -0.2) is 89.4 Å². The zero-order valence-corrected chi connectivity index (χ0v) is 28.2. The van der Waals surface area contributed by atoms with Crippen LogP contribution < -0.4 is 5.23 Å². The van der Waals surface area contributed by atoms with Crippen LogP contribution in [-0.2, 0) is 33.4 Å². The van der Waals surface area contributed by atoms with E-state index < -0.39 is 81.9 Å². The molecule has 1 saturated heterocycles. The van der Waals surface area contributed by atoms with Crippen molar-refractivity contribution >= 4 is 31.3 Å². The Labute approximate surface area is 276 Å². The quantitative estimate of drug-likeness (QED) is 0.134. The molecule has 0 unspecified atom stereocenters. The molecule has 1 aromatic carbocycles. The molecule has 1 radical (unpaired) electrons. The first-order chi connectivity index (χ1) is 22.0. The van der Waals surface area contributed by atoms with E-state index in [1.54, 1.807) is 65.0 Å². The summed E-state index contributed by atoms with van der Waals surface area (Å²) in [6, 6.07) is 7.61. The lowest BCUT2D eigenvalue weighted by molar-refractivity contribution is -0.303. The Hall–Kier alpha value is -2.90. The number of fused-ring (bicyclic) bond motifs is 5. The summed E-state index contributed by atoms with van der Waals surface area (Å²) in [7, 11) is 1.08. The summed E-state index contributed by atoms with van der Waals surface area (Å²) in [5.74, 6) is -3.21. The van der Waals surface area contributed by atoms with Crippen LogP contribution in [0.5, 0.6) is 0 Å². The summed E-state index contributed by atoms with van der Waals surface area (Å²) in [4.78, 5) is 52.1. The van der Waals surface area contributed by atoms with Gasteiger partial charge < -0.3 is 39.6 Å². The molecule has 4 N–H and O–H groups in total. The topological polar surface area (TPSA) is 169 Å². The molecular formula is C35H47BNO10. The minimum atomic E-state index is -1.74. The van der Waals surface area contributed by atoms with Crippen molar-refractivity contribution in [2.45, 2.75) is 110 Å².